The molecule has 0 unspecified atom stereocenters. The molecule has 0 aliphatic heterocycles. The maximum atomic E-state index is 12.1. The van der Waals surface area contributed by atoms with Crippen molar-refractivity contribution in [3.05, 3.63) is 12.1 Å². The monoisotopic (exact) mass is 298 g/mol. The Kier molecular flexibility index (Phi) is 4.82. The summed E-state index contributed by atoms with van der Waals surface area (Å²) in [6.07, 6.45) is -21.4. The highest BCUT2D eigenvalue weighted by Gasteiger charge is 2.55. The second-order valence-electron chi connectivity index (χ2n) is 2.21. The molecule has 0 aromatic rings. The van der Waals surface area contributed by atoms with Crippen LogP contribution >= 0.6 is 0 Å². The van der Waals surface area contributed by atoms with Gasteiger partial charge in [-0.1, -0.05) is 0 Å². The van der Waals surface area contributed by atoms with Crippen LogP contribution in [0.4, 0.5) is 43.9 Å². The number of ether oxygens (including phenoxy) is 3. The molecule has 0 rings (SSSR count). The van der Waals surface area contributed by atoms with E-state index in [0.717, 1.165) is 0 Å². The van der Waals surface area contributed by atoms with Crippen LogP contribution in [0, 0.1) is 0 Å². The molecule has 0 aromatic heterocycles. The van der Waals surface area contributed by atoms with E-state index >= 15 is 0 Å². The minimum absolute atomic E-state index is 1.76. The minimum Gasteiger partial charge on any atom is -0.378 e. The fraction of sp³-hybridized carbons (Fsp3) is 0.600. The van der Waals surface area contributed by atoms with Crippen molar-refractivity contribution >= 4 is 0 Å². The van der Waals surface area contributed by atoms with Crippen LogP contribution in [-0.4, -0.2) is 19.0 Å². The van der Waals surface area contributed by atoms with Crippen molar-refractivity contribution in [2.24, 2.45) is 0 Å². The van der Waals surface area contributed by atoms with Crippen molar-refractivity contribution in [3.8, 4) is 0 Å². The number of hydrogen-bond donors (Lipinski definition) is 0. The summed E-state index contributed by atoms with van der Waals surface area (Å²) in [7, 11) is 0. The van der Waals surface area contributed by atoms with Crippen molar-refractivity contribution in [2.75, 3.05) is 0 Å². The van der Waals surface area contributed by atoms with E-state index in [2.05, 4.69) is 4.74 Å². The second kappa shape index (κ2) is 5.17. The van der Waals surface area contributed by atoms with Crippen molar-refractivity contribution < 1.29 is 58.1 Å². The smallest absolute Gasteiger partial charge is 0.378 e. The molecule has 0 bridgehead atoms. The Hall–Kier alpha value is -1.24. The highest BCUT2D eigenvalue weighted by atomic mass is 19.4. The molecule has 0 N–H and O–H groups in total. The van der Waals surface area contributed by atoms with E-state index in [-0.39, 0.29) is 0 Å². The Morgan fingerprint density at radius 2 is 1.11 bits per heavy atom. The summed E-state index contributed by atoms with van der Waals surface area (Å²) in [5.41, 5.74) is 0. The lowest BCUT2D eigenvalue weighted by molar-refractivity contribution is -0.563. The zero-order chi connectivity index (χ0) is 14.8. The predicted octanol–water partition coefficient (Wildman–Crippen LogP) is 3.69. The number of rotatable bonds is 5. The summed E-state index contributed by atoms with van der Waals surface area (Å²) in [4.78, 5) is 0. The maximum absolute atomic E-state index is 12.1. The molecule has 0 saturated heterocycles. The van der Waals surface area contributed by atoms with Crippen LogP contribution in [0.1, 0.15) is 0 Å². The third kappa shape index (κ3) is 7.16. The average molecular weight is 298 g/mol. The molecule has 13 heteroatoms. The molecule has 0 heterocycles. The van der Waals surface area contributed by atoms with Crippen LogP contribution < -0.4 is 0 Å². The van der Waals surface area contributed by atoms with Gasteiger partial charge in [0, 0.05) is 0 Å². The molecule has 108 valence electrons. The molecule has 0 saturated carbocycles. The van der Waals surface area contributed by atoms with Gasteiger partial charge in [0.15, 0.2) is 0 Å². The normalized spacial score (nSPS) is 13.4. The van der Waals surface area contributed by atoms with Gasteiger partial charge in [-0.25, -0.2) is 0 Å². The van der Waals surface area contributed by atoms with Crippen LogP contribution in [-0.2, 0) is 14.2 Å². The first-order valence-electron chi connectivity index (χ1n) is 3.36. The lowest BCUT2D eigenvalue weighted by Crippen LogP contribution is -2.40. The molecule has 18 heavy (non-hydrogen) atoms. The van der Waals surface area contributed by atoms with E-state index in [1.54, 1.807) is 4.74 Å². The molecular weight excluding hydrogens is 298 g/mol. The van der Waals surface area contributed by atoms with Gasteiger partial charge in [0.05, 0.1) is 0 Å². The Labute approximate surface area is 90.5 Å². The first-order valence-corrected chi connectivity index (χ1v) is 3.36. The Bertz CT molecular complexity index is 316. The van der Waals surface area contributed by atoms with E-state index in [9.17, 15) is 43.9 Å². The Balaban J connectivity index is 4.71. The first-order chi connectivity index (χ1) is 7.74. The van der Waals surface area contributed by atoms with Gasteiger partial charge < -0.3 is 4.74 Å². The lowest BCUT2D eigenvalue weighted by atomic mass is 10.9. The molecule has 0 spiro atoms. The summed E-state index contributed by atoms with van der Waals surface area (Å²) in [5, 5.41) is 0. The summed E-state index contributed by atoms with van der Waals surface area (Å²) < 4.78 is 122. The molecule has 0 atom stereocenters. The molecular formula is C5F10O3. The SMILES string of the molecule is FC(F)=C(F)OC(F)(F)OC(F)(F)OC(F)(F)F. The van der Waals surface area contributed by atoms with Gasteiger partial charge in [-0.15, -0.1) is 30.7 Å². The van der Waals surface area contributed by atoms with Crippen LogP contribution in [0.5, 0.6) is 0 Å². The van der Waals surface area contributed by atoms with E-state index in [0.29, 0.717) is 0 Å². The van der Waals surface area contributed by atoms with Gasteiger partial charge >= 0.3 is 31.0 Å². The van der Waals surface area contributed by atoms with Crippen LogP contribution in [0.15, 0.2) is 12.1 Å². The topological polar surface area (TPSA) is 27.7 Å². The molecule has 0 radical (unpaired) electrons. The third-order valence-corrected chi connectivity index (χ3v) is 0.829. The molecule has 0 amide bonds. The highest BCUT2D eigenvalue weighted by Crippen LogP contribution is 2.35. The Morgan fingerprint density at radius 1 is 0.667 bits per heavy atom. The number of halogens is 10. The van der Waals surface area contributed by atoms with Crippen LogP contribution in [0.2, 0.25) is 0 Å². The van der Waals surface area contributed by atoms with Gasteiger partial charge in [0.25, 0.3) is 0 Å². The van der Waals surface area contributed by atoms with E-state index in [4.69, 9.17) is 0 Å². The summed E-state index contributed by atoms with van der Waals surface area (Å²) in [6.45, 7) is 0. The summed E-state index contributed by atoms with van der Waals surface area (Å²) >= 11 is 0. The minimum atomic E-state index is -6.08. The highest BCUT2D eigenvalue weighted by molar-refractivity contribution is 4.81. The van der Waals surface area contributed by atoms with Gasteiger partial charge in [0.2, 0.25) is 0 Å². The number of alkyl halides is 7. The predicted molar refractivity (Wildman–Crippen MR) is 29.6 cm³/mol. The van der Waals surface area contributed by atoms with Gasteiger partial charge in [0.1, 0.15) is 0 Å². The number of hydrogen-bond acceptors (Lipinski definition) is 3. The van der Waals surface area contributed by atoms with Crippen molar-refractivity contribution in [3.63, 3.8) is 0 Å². The van der Waals surface area contributed by atoms with Gasteiger partial charge in [-0.2, -0.15) is 22.6 Å². The molecule has 0 aliphatic rings. The summed E-state index contributed by atoms with van der Waals surface area (Å²) in [6, 6.07) is -3.32. The van der Waals surface area contributed by atoms with Crippen molar-refractivity contribution in [1.82, 2.24) is 0 Å². The lowest BCUT2D eigenvalue weighted by Gasteiger charge is -2.22. The first kappa shape index (κ1) is 16.8. The average Bonchev–Trinajstić information content (AvgIpc) is 1.93. The molecule has 0 aliphatic carbocycles. The molecule has 0 aromatic carbocycles. The van der Waals surface area contributed by atoms with Crippen LogP contribution in [0.3, 0.4) is 0 Å². The van der Waals surface area contributed by atoms with E-state index in [1.807, 2.05) is 4.74 Å². The molecule has 3 nitrogen and oxygen atoms in total. The van der Waals surface area contributed by atoms with Gasteiger partial charge in [-0.3, -0.25) is 0 Å². The maximum Gasteiger partial charge on any atom is 0.543 e. The zero-order valence-electron chi connectivity index (χ0n) is 7.50. The largest absolute Gasteiger partial charge is 0.543 e. The third-order valence-electron chi connectivity index (χ3n) is 0.829. The summed E-state index contributed by atoms with van der Waals surface area (Å²) in [5.74, 6) is 0. The zero-order valence-corrected chi connectivity index (χ0v) is 7.50. The van der Waals surface area contributed by atoms with Crippen molar-refractivity contribution in [2.45, 2.75) is 19.0 Å². The molecule has 0 fully saturated rings. The van der Waals surface area contributed by atoms with E-state index in [1.165, 1.54) is 0 Å². The standard InChI is InChI=1S/C5F10O3/c6-1(7)2(8)16-4(12,13)18-5(14,15)17-3(9,10)11. The van der Waals surface area contributed by atoms with Crippen molar-refractivity contribution in [1.29, 1.82) is 0 Å². The fourth-order valence-electron chi connectivity index (χ4n) is 0.458. The second-order valence-corrected chi connectivity index (χ2v) is 2.21. The quantitative estimate of drug-likeness (QED) is 0.440. The fourth-order valence-corrected chi connectivity index (χ4v) is 0.458. The van der Waals surface area contributed by atoms with Gasteiger partial charge in [-0.05, 0) is 0 Å². The van der Waals surface area contributed by atoms with E-state index < -0.39 is 31.0 Å². The Morgan fingerprint density at radius 3 is 1.44 bits per heavy atom. The van der Waals surface area contributed by atoms with Crippen LogP contribution in [0.25, 0.3) is 0 Å².